The summed E-state index contributed by atoms with van der Waals surface area (Å²) in [7, 11) is 1.13. The van der Waals surface area contributed by atoms with Crippen LogP contribution in [-0.2, 0) is 9.53 Å². The van der Waals surface area contributed by atoms with Crippen molar-refractivity contribution in [1.82, 2.24) is 0 Å². The van der Waals surface area contributed by atoms with Gasteiger partial charge in [0.05, 0.1) is 7.11 Å². The van der Waals surface area contributed by atoms with E-state index in [-0.39, 0.29) is 0 Å². The Hall–Kier alpha value is -1.50. The number of carbonyl (C=O) groups excluding carboxylic acids is 1. The van der Waals surface area contributed by atoms with Gasteiger partial charge in [-0.05, 0) is 0 Å². The van der Waals surface area contributed by atoms with E-state index in [1.807, 2.05) is 0 Å². The van der Waals surface area contributed by atoms with Crippen LogP contribution in [0.3, 0.4) is 0 Å². The molecule has 0 aromatic heterocycles. The first-order valence-electron chi connectivity index (χ1n) is 2.09. The van der Waals surface area contributed by atoms with E-state index < -0.39 is 11.5 Å². The van der Waals surface area contributed by atoms with Crippen molar-refractivity contribution in [1.29, 1.82) is 5.26 Å². The molecule has 4 nitrogen and oxygen atoms in total. The molecule has 0 saturated heterocycles. The molecule has 0 fully saturated rings. The Morgan fingerprint density at radius 3 is 2.56 bits per heavy atom. The van der Waals surface area contributed by atoms with Crippen molar-refractivity contribution >= 4 is 5.97 Å². The maximum Gasteiger partial charge on any atom is 0.351 e. The number of rotatable bonds is 1. The highest BCUT2D eigenvalue weighted by Crippen LogP contribution is 1.91. The van der Waals surface area contributed by atoms with Crippen LogP contribution in [0.4, 0.5) is 0 Å². The number of hydrogen-bond acceptors (Lipinski definition) is 4. The number of hydrogen-bond donors (Lipinski definition) is 1. The average molecular weight is 127 g/mol. The lowest BCUT2D eigenvalue weighted by Crippen LogP contribution is -2.02. The average Bonchev–Trinajstić information content (AvgIpc) is 1.90. The normalized spacial score (nSPS) is 10.0. The molecule has 0 aliphatic carbocycles. The third kappa shape index (κ3) is 1.82. The quantitative estimate of drug-likeness (QED) is 0.235. The Balaban J connectivity index is 4.19. The van der Waals surface area contributed by atoms with E-state index in [9.17, 15) is 4.79 Å². The Morgan fingerprint density at radius 1 is 1.89 bits per heavy atom. The van der Waals surface area contributed by atoms with Crippen LogP contribution in [0.15, 0.2) is 11.8 Å². The van der Waals surface area contributed by atoms with Gasteiger partial charge in [-0.2, -0.15) is 5.26 Å². The molecule has 0 spiro atoms. The van der Waals surface area contributed by atoms with Crippen LogP contribution >= 0.6 is 0 Å². The molecular weight excluding hydrogens is 122 g/mol. The summed E-state index contributed by atoms with van der Waals surface area (Å²) in [6.45, 7) is 0. The number of esters is 1. The number of nitriles is 1. The molecule has 0 atom stereocenters. The first kappa shape index (κ1) is 7.50. The monoisotopic (exact) mass is 127 g/mol. The van der Waals surface area contributed by atoms with Crippen LogP contribution in [0.25, 0.3) is 0 Å². The first-order chi connectivity index (χ1) is 4.26. The molecule has 0 saturated carbocycles. The smallest absolute Gasteiger partial charge is 0.351 e. The number of nitrogens with zero attached hydrogens (tertiary/aromatic N) is 1. The summed E-state index contributed by atoms with van der Waals surface area (Å²) in [6.07, 6.45) is 0.409. The minimum Gasteiger partial charge on any atom is -0.514 e. The minimum absolute atomic E-state index is 0.405. The first-order valence-corrected chi connectivity index (χ1v) is 2.09. The molecule has 0 aromatic rings. The molecule has 0 unspecified atom stereocenters. The van der Waals surface area contributed by atoms with E-state index in [1.165, 1.54) is 6.07 Å². The van der Waals surface area contributed by atoms with E-state index in [0.717, 1.165) is 7.11 Å². The second kappa shape index (κ2) is 3.50. The Morgan fingerprint density at radius 2 is 2.44 bits per heavy atom. The summed E-state index contributed by atoms with van der Waals surface area (Å²) >= 11 is 0. The highest BCUT2D eigenvalue weighted by atomic mass is 16.5. The second-order valence-corrected chi connectivity index (χ2v) is 1.15. The predicted molar refractivity (Wildman–Crippen MR) is 28.3 cm³/mol. The summed E-state index contributed by atoms with van der Waals surface area (Å²) in [6, 6.07) is 1.44. The van der Waals surface area contributed by atoms with E-state index >= 15 is 0 Å². The number of aliphatic hydroxyl groups excluding tert-OH is 1. The van der Waals surface area contributed by atoms with Crippen LogP contribution in [0, 0.1) is 11.3 Å². The van der Waals surface area contributed by atoms with Crippen LogP contribution in [0.1, 0.15) is 0 Å². The van der Waals surface area contributed by atoms with Gasteiger partial charge in [0, 0.05) is 0 Å². The van der Waals surface area contributed by atoms with Gasteiger partial charge >= 0.3 is 5.97 Å². The Bertz CT molecular complexity index is 177. The number of aliphatic hydroxyl groups is 1. The van der Waals surface area contributed by atoms with E-state index in [1.54, 1.807) is 0 Å². The van der Waals surface area contributed by atoms with Crippen molar-refractivity contribution in [2.75, 3.05) is 7.11 Å². The van der Waals surface area contributed by atoms with Crippen molar-refractivity contribution in [3.05, 3.63) is 11.8 Å². The van der Waals surface area contributed by atoms with E-state index in [0.29, 0.717) is 6.26 Å². The number of carbonyl (C=O) groups is 1. The number of ether oxygens (including phenoxy) is 1. The van der Waals surface area contributed by atoms with Crippen LogP contribution < -0.4 is 0 Å². The van der Waals surface area contributed by atoms with E-state index in [4.69, 9.17) is 10.4 Å². The maximum atomic E-state index is 10.3. The highest BCUT2D eigenvalue weighted by molar-refractivity contribution is 5.92. The van der Waals surface area contributed by atoms with Gasteiger partial charge in [-0.1, -0.05) is 0 Å². The molecule has 0 aliphatic rings. The van der Waals surface area contributed by atoms with Gasteiger partial charge in [-0.3, -0.25) is 0 Å². The molecule has 0 amide bonds. The molecule has 0 aliphatic heterocycles. The molecule has 0 radical (unpaired) electrons. The lowest BCUT2D eigenvalue weighted by molar-refractivity contribution is -0.135. The zero-order valence-electron chi connectivity index (χ0n) is 4.79. The lowest BCUT2D eigenvalue weighted by Gasteiger charge is -1.90. The van der Waals surface area contributed by atoms with Crippen molar-refractivity contribution < 1.29 is 14.6 Å². The minimum atomic E-state index is -0.833. The zero-order chi connectivity index (χ0) is 7.28. The summed E-state index contributed by atoms with van der Waals surface area (Å²) in [5.41, 5.74) is -0.405. The summed E-state index contributed by atoms with van der Waals surface area (Å²) in [4.78, 5) is 10.3. The van der Waals surface area contributed by atoms with Crippen molar-refractivity contribution in [3.8, 4) is 6.07 Å². The van der Waals surface area contributed by atoms with Crippen LogP contribution in [-0.4, -0.2) is 18.2 Å². The van der Waals surface area contributed by atoms with Crippen molar-refractivity contribution in [3.63, 3.8) is 0 Å². The van der Waals surface area contributed by atoms with Gasteiger partial charge in [0.15, 0.2) is 5.57 Å². The standard InChI is InChI=1S/C5H5NO3/c1-9-5(8)4(2-6)3-7/h3,7H,1H3. The Kier molecular flexibility index (Phi) is 2.91. The molecule has 4 heteroatoms. The van der Waals surface area contributed by atoms with Gasteiger partial charge < -0.3 is 9.84 Å². The van der Waals surface area contributed by atoms with Gasteiger partial charge in [-0.25, -0.2) is 4.79 Å². The number of methoxy groups -OCH3 is 1. The molecule has 0 heterocycles. The maximum absolute atomic E-state index is 10.3. The molecular formula is C5H5NO3. The third-order valence-corrected chi connectivity index (χ3v) is 0.655. The topological polar surface area (TPSA) is 70.3 Å². The zero-order valence-corrected chi connectivity index (χ0v) is 4.79. The summed E-state index contributed by atoms with van der Waals surface area (Å²) < 4.78 is 4.10. The SMILES string of the molecule is COC(=O)C(C#N)=CO. The second-order valence-electron chi connectivity index (χ2n) is 1.15. The molecule has 1 N–H and O–H groups in total. The van der Waals surface area contributed by atoms with Crippen molar-refractivity contribution in [2.45, 2.75) is 0 Å². The van der Waals surface area contributed by atoms with Gasteiger partial charge in [0.2, 0.25) is 0 Å². The highest BCUT2D eigenvalue weighted by Gasteiger charge is 2.06. The van der Waals surface area contributed by atoms with Crippen molar-refractivity contribution in [2.24, 2.45) is 0 Å². The molecule has 0 rings (SSSR count). The fourth-order valence-corrected chi connectivity index (χ4v) is 0.237. The van der Waals surface area contributed by atoms with Crippen LogP contribution in [0.5, 0.6) is 0 Å². The largest absolute Gasteiger partial charge is 0.514 e. The molecule has 0 aromatic carbocycles. The molecule has 48 valence electrons. The summed E-state index contributed by atoms with van der Waals surface area (Å²) in [5, 5.41) is 16.2. The fourth-order valence-electron chi connectivity index (χ4n) is 0.237. The predicted octanol–water partition coefficient (Wildman–Crippen LogP) is 0.125. The lowest BCUT2D eigenvalue weighted by atomic mass is 10.3. The Labute approximate surface area is 52.0 Å². The van der Waals surface area contributed by atoms with E-state index in [2.05, 4.69) is 4.74 Å². The summed E-state index contributed by atoms with van der Waals surface area (Å²) in [5.74, 6) is -0.833. The third-order valence-electron chi connectivity index (χ3n) is 0.655. The fraction of sp³-hybridized carbons (Fsp3) is 0.200. The van der Waals surface area contributed by atoms with Gasteiger partial charge in [0.25, 0.3) is 0 Å². The van der Waals surface area contributed by atoms with Gasteiger partial charge in [-0.15, -0.1) is 0 Å². The molecule has 9 heavy (non-hydrogen) atoms. The molecule has 0 bridgehead atoms. The van der Waals surface area contributed by atoms with Crippen LogP contribution in [0.2, 0.25) is 0 Å². The van der Waals surface area contributed by atoms with Gasteiger partial charge in [0.1, 0.15) is 12.3 Å².